The van der Waals surface area contributed by atoms with E-state index in [0.717, 1.165) is 14.3 Å². The fourth-order valence-corrected chi connectivity index (χ4v) is 4.04. The second kappa shape index (κ2) is 9.49. The first kappa shape index (κ1) is 23.0. The molecule has 0 aliphatic heterocycles. The molecule has 2 aromatic carbocycles. The minimum absolute atomic E-state index is 0.104. The number of sulfonamides is 1. The van der Waals surface area contributed by atoms with Gasteiger partial charge in [-0.15, -0.1) is 0 Å². The third-order valence-electron chi connectivity index (χ3n) is 4.56. The van der Waals surface area contributed by atoms with Crippen molar-refractivity contribution >= 4 is 37.5 Å². The first-order valence-electron chi connectivity index (χ1n) is 8.93. The fourth-order valence-electron chi connectivity index (χ4n) is 2.79. The number of benzene rings is 2. The van der Waals surface area contributed by atoms with Crippen molar-refractivity contribution in [3.8, 4) is 11.5 Å². The standard InChI is InChI=1S/C20H25BrN2O5S/c1-6-29(25,26)23(3)17-12-19(28-5)18(27-4)11-16(17)20(24)22-13(2)14-8-7-9-15(21)10-14/h7-13H,6H2,1-5H3,(H,22,24)/t13-/m0/s1. The van der Waals surface area contributed by atoms with Crippen LogP contribution in [0, 0.1) is 0 Å². The van der Waals surface area contributed by atoms with Gasteiger partial charge in [-0.2, -0.15) is 0 Å². The average Bonchev–Trinajstić information content (AvgIpc) is 2.71. The fraction of sp³-hybridized carbons (Fsp3) is 0.350. The van der Waals surface area contributed by atoms with Gasteiger partial charge in [0.25, 0.3) is 5.91 Å². The van der Waals surface area contributed by atoms with E-state index in [0.29, 0.717) is 11.5 Å². The summed E-state index contributed by atoms with van der Waals surface area (Å²) in [5.74, 6) is 0.135. The molecule has 0 aliphatic rings. The van der Waals surface area contributed by atoms with Crippen molar-refractivity contribution in [1.82, 2.24) is 5.32 Å². The first-order valence-corrected chi connectivity index (χ1v) is 11.3. The smallest absolute Gasteiger partial charge is 0.254 e. The van der Waals surface area contributed by atoms with Gasteiger partial charge in [-0.05, 0) is 37.6 Å². The molecule has 0 aromatic heterocycles. The highest BCUT2D eigenvalue weighted by Gasteiger charge is 2.25. The van der Waals surface area contributed by atoms with Gasteiger partial charge in [0.05, 0.1) is 37.3 Å². The Balaban J connectivity index is 2.49. The third kappa shape index (κ3) is 5.22. The summed E-state index contributed by atoms with van der Waals surface area (Å²) in [5, 5.41) is 2.92. The van der Waals surface area contributed by atoms with Crippen LogP contribution in [0.15, 0.2) is 40.9 Å². The lowest BCUT2D eigenvalue weighted by Crippen LogP contribution is -2.32. The van der Waals surface area contributed by atoms with Crippen LogP contribution in [-0.2, 0) is 10.0 Å². The molecule has 0 fully saturated rings. The molecular formula is C20H25BrN2O5S. The van der Waals surface area contributed by atoms with Gasteiger partial charge >= 0.3 is 0 Å². The number of carbonyl (C=O) groups excluding carboxylic acids is 1. The third-order valence-corrected chi connectivity index (χ3v) is 6.82. The molecule has 0 aliphatic carbocycles. The quantitative estimate of drug-likeness (QED) is 0.616. The molecule has 2 aromatic rings. The predicted octanol–water partition coefficient (Wildman–Crippen LogP) is 3.74. The van der Waals surface area contributed by atoms with Crippen LogP contribution in [0.2, 0.25) is 0 Å². The van der Waals surface area contributed by atoms with Crippen molar-refractivity contribution in [3.05, 3.63) is 52.0 Å². The molecule has 9 heteroatoms. The average molecular weight is 485 g/mol. The maximum absolute atomic E-state index is 13.1. The summed E-state index contributed by atoms with van der Waals surface area (Å²) < 4.78 is 37.4. The SMILES string of the molecule is CCS(=O)(=O)N(C)c1cc(OC)c(OC)cc1C(=O)N[C@@H](C)c1cccc(Br)c1. The summed E-state index contributed by atoms with van der Waals surface area (Å²) in [6.07, 6.45) is 0. The number of nitrogens with zero attached hydrogens (tertiary/aromatic N) is 1. The molecular weight excluding hydrogens is 460 g/mol. The van der Waals surface area contributed by atoms with E-state index in [2.05, 4.69) is 21.2 Å². The molecule has 0 bridgehead atoms. The molecule has 1 amide bonds. The molecule has 29 heavy (non-hydrogen) atoms. The molecule has 0 unspecified atom stereocenters. The van der Waals surface area contributed by atoms with Gasteiger partial charge in [-0.25, -0.2) is 8.42 Å². The van der Waals surface area contributed by atoms with Crippen LogP contribution < -0.4 is 19.1 Å². The molecule has 0 saturated carbocycles. The Morgan fingerprint density at radius 1 is 1.17 bits per heavy atom. The van der Waals surface area contributed by atoms with Gasteiger partial charge in [0.2, 0.25) is 10.0 Å². The van der Waals surface area contributed by atoms with Gasteiger partial charge in [0.1, 0.15) is 0 Å². The van der Waals surface area contributed by atoms with E-state index in [-0.39, 0.29) is 23.0 Å². The van der Waals surface area contributed by atoms with Crippen LogP contribution in [0.25, 0.3) is 0 Å². The number of anilines is 1. The Kier molecular flexibility index (Phi) is 7.54. The number of halogens is 1. The van der Waals surface area contributed by atoms with Gasteiger partial charge in [-0.1, -0.05) is 28.1 Å². The minimum Gasteiger partial charge on any atom is -0.493 e. The van der Waals surface area contributed by atoms with Gasteiger partial charge in [-0.3, -0.25) is 9.10 Å². The summed E-state index contributed by atoms with van der Waals surface area (Å²) in [6, 6.07) is 10.3. The Morgan fingerprint density at radius 3 is 2.34 bits per heavy atom. The number of rotatable bonds is 8. The van der Waals surface area contributed by atoms with Gasteiger partial charge in [0, 0.05) is 17.6 Å². The lowest BCUT2D eigenvalue weighted by molar-refractivity contribution is 0.0940. The summed E-state index contributed by atoms with van der Waals surface area (Å²) in [6.45, 7) is 3.40. The summed E-state index contributed by atoms with van der Waals surface area (Å²) >= 11 is 3.42. The number of nitrogens with one attached hydrogen (secondary N) is 1. The van der Waals surface area contributed by atoms with Gasteiger partial charge in [0.15, 0.2) is 11.5 Å². The molecule has 0 heterocycles. The lowest BCUT2D eigenvalue weighted by atomic mass is 10.1. The highest BCUT2D eigenvalue weighted by atomic mass is 79.9. The Bertz CT molecular complexity index is 994. The maximum Gasteiger partial charge on any atom is 0.254 e. The zero-order valence-electron chi connectivity index (χ0n) is 17.0. The van der Waals surface area contributed by atoms with Crippen LogP contribution in [0.4, 0.5) is 5.69 Å². The number of hydrogen-bond donors (Lipinski definition) is 1. The van der Waals surface area contributed by atoms with Crippen molar-refractivity contribution in [2.45, 2.75) is 19.9 Å². The largest absolute Gasteiger partial charge is 0.493 e. The maximum atomic E-state index is 13.1. The molecule has 0 radical (unpaired) electrons. The normalized spacial score (nSPS) is 12.2. The van der Waals surface area contributed by atoms with Crippen LogP contribution >= 0.6 is 15.9 Å². The number of ether oxygens (including phenoxy) is 2. The number of hydrogen-bond acceptors (Lipinski definition) is 5. The Morgan fingerprint density at radius 2 is 1.79 bits per heavy atom. The van der Waals surface area contributed by atoms with Crippen molar-refractivity contribution in [2.75, 3.05) is 31.3 Å². The van der Waals surface area contributed by atoms with E-state index >= 15 is 0 Å². The molecule has 158 valence electrons. The topological polar surface area (TPSA) is 84.9 Å². The Labute approximate surface area is 180 Å². The zero-order valence-corrected chi connectivity index (χ0v) is 19.4. The summed E-state index contributed by atoms with van der Waals surface area (Å²) in [4.78, 5) is 13.1. The van der Waals surface area contributed by atoms with E-state index < -0.39 is 15.9 Å². The van der Waals surface area contributed by atoms with E-state index in [1.54, 1.807) is 6.92 Å². The highest BCUT2D eigenvalue weighted by Crippen LogP contribution is 2.36. The van der Waals surface area contributed by atoms with Gasteiger partial charge < -0.3 is 14.8 Å². The second-order valence-electron chi connectivity index (χ2n) is 6.34. The zero-order chi connectivity index (χ0) is 21.8. The van der Waals surface area contributed by atoms with E-state index in [1.165, 1.54) is 33.4 Å². The van der Waals surface area contributed by atoms with Crippen LogP contribution in [-0.4, -0.2) is 41.3 Å². The minimum atomic E-state index is -3.59. The van der Waals surface area contributed by atoms with Crippen molar-refractivity contribution < 1.29 is 22.7 Å². The second-order valence-corrected chi connectivity index (χ2v) is 9.55. The molecule has 2 rings (SSSR count). The molecule has 1 N–H and O–H groups in total. The number of methoxy groups -OCH3 is 2. The number of amides is 1. The lowest BCUT2D eigenvalue weighted by Gasteiger charge is -2.24. The van der Waals surface area contributed by atoms with Crippen molar-refractivity contribution in [3.63, 3.8) is 0 Å². The summed E-state index contributed by atoms with van der Waals surface area (Å²) in [7, 11) is 0.728. The summed E-state index contributed by atoms with van der Waals surface area (Å²) in [5.41, 5.74) is 1.29. The molecule has 1 atom stereocenters. The molecule has 0 spiro atoms. The van der Waals surface area contributed by atoms with Crippen LogP contribution in [0.3, 0.4) is 0 Å². The molecule has 7 nitrogen and oxygen atoms in total. The molecule has 0 saturated heterocycles. The van der Waals surface area contributed by atoms with E-state index in [9.17, 15) is 13.2 Å². The Hall–Kier alpha value is -2.26. The van der Waals surface area contributed by atoms with Crippen LogP contribution in [0.1, 0.15) is 35.8 Å². The van der Waals surface area contributed by atoms with Crippen LogP contribution in [0.5, 0.6) is 11.5 Å². The van der Waals surface area contributed by atoms with Crippen molar-refractivity contribution in [1.29, 1.82) is 0 Å². The van der Waals surface area contributed by atoms with E-state index in [4.69, 9.17) is 9.47 Å². The highest BCUT2D eigenvalue weighted by molar-refractivity contribution is 9.10. The monoisotopic (exact) mass is 484 g/mol. The first-order chi connectivity index (χ1) is 13.6. The van der Waals surface area contributed by atoms with Crippen molar-refractivity contribution in [2.24, 2.45) is 0 Å². The number of carbonyl (C=O) groups is 1. The predicted molar refractivity (Wildman–Crippen MR) is 117 cm³/mol. The van der Waals surface area contributed by atoms with E-state index in [1.807, 2.05) is 31.2 Å².